The van der Waals surface area contributed by atoms with Gasteiger partial charge in [0.25, 0.3) is 5.91 Å². The number of benzene rings is 1. The maximum absolute atomic E-state index is 13.2. The van der Waals surface area contributed by atoms with Crippen molar-refractivity contribution >= 4 is 29.3 Å². The zero-order chi connectivity index (χ0) is 19.5. The molecule has 5 aliphatic rings. The highest BCUT2D eigenvalue weighted by Crippen LogP contribution is 2.55. The van der Waals surface area contributed by atoms with E-state index in [-0.39, 0.29) is 23.3 Å². The van der Waals surface area contributed by atoms with Crippen molar-refractivity contribution < 1.29 is 9.59 Å². The van der Waals surface area contributed by atoms with Gasteiger partial charge >= 0.3 is 0 Å². The standard InChI is InChI=1S/C23H30N2O2S/c1-14(2)22(27)25-5-6-28-20-4-3-18(10-19(20)25)21(26)24-23-11-15-7-16(12-23)9-17(8-15)13-23/h3-4,10,14-17H,5-9,11-13H2,1-2H3,(H,24,26). The highest BCUT2D eigenvalue weighted by atomic mass is 32.2. The van der Waals surface area contributed by atoms with Crippen LogP contribution in [0.1, 0.15) is 62.7 Å². The van der Waals surface area contributed by atoms with E-state index >= 15 is 0 Å². The Morgan fingerprint density at radius 2 is 1.75 bits per heavy atom. The lowest BCUT2D eigenvalue weighted by Gasteiger charge is -2.56. The van der Waals surface area contributed by atoms with Crippen molar-refractivity contribution in [3.63, 3.8) is 0 Å². The molecule has 0 spiro atoms. The molecule has 2 amide bonds. The number of nitrogens with one attached hydrogen (secondary N) is 1. The van der Waals surface area contributed by atoms with Gasteiger partial charge in [-0.25, -0.2) is 0 Å². The van der Waals surface area contributed by atoms with Crippen LogP contribution in [-0.2, 0) is 4.79 Å². The molecular formula is C23H30N2O2S. The van der Waals surface area contributed by atoms with Gasteiger partial charge in [0, 0.05) is 34.2 Å². The minimum absolute atomic E-state index is 0.0178. The van der Waals surface area contributed by atoms with E-state index in [9.17, 15) is 9.59 Å². The summed E-state index contributed by atoms with van der Waals surface area (Å²) >= 11 is 1.77. The van der Waals surface area contributed by atoms with Crippen molar-refractivity contribution in [2.45, 2.75) is 62.8 Å². The number of hydrogen-bond acceptors (Lipinski definition) is 3. The van der Waals surface area contributed by atoms with Crippen LogP contribution in [0.15, 0.2) is 23.1 Å². The van der Waals surface area contributed by atoms with Crippen molar-refractivity contribution in [1.29, 1.82) is 0 Å². The molecule has 1 aromatic carbocycles. The van der Waals surface area contributed by atoms with Gasteiger partial charge in [-0.05, 0) is 74.5 Å². The summed E-state index contributed by atoms with van der Waals surface area (Å²) in [5.41, 5.74) is 1.62. The van der Waals surface area contributed by atoms with Gasteiger partial charge in [-0.2, -0.15) is 0 Å². The van der Waals surface area contributed by atoms with Crippen LogP contribution in [0.4, 0.5) is 5.69 Å². The second kappa shape index (κ2) is 6.79. The molecule has 0 saturated heterocycles. The lowest BCUT2D eigenvalue weighted by atomic mass is 9.53. The summed E-state index contributed by atoms with van der Waals surface area (Å²) in [4.78, 5) is 28.8. The molecule has 5 heteroatoms. The van der Waals surface area contributed by atoms with E-state index in [1.54, 1.807) is 11.8 Å². The molecule has 0 atom stereocenters. The van der Waals surface area contributed by atoms with Gasteiger partial charge < -0.3 is 10.2 Å². The molecule has 0 radical (unpaired) electrons. The average molecular weight is 399 g/mol. The molecule has 0 unspecified atom stereocenters. The molecule has 1 N–H and O–H groups in total. The van der Waals surface area contributed by atoms with E-state index in [1.165, 1.54) is 19.3 Å². The Labute approximate surface area is 171 Å². The first kappa shape index (κ1) is 18.5. The van der Waals surface area contributed by atoms with Gasteiger partial charge in [0.1, 0.15) is 0 Å². The number of carbonyl (C=O) groups excluding carboxylic acids is 2. The monoisotopic (exact) mass is 398 g/mol. The molecular weight excluding hydrogens is 368 g/mol. The summed E-state index contributed by atoms with van der Waals surface area (Å²) in [6.45, 7) is 4.59. The Bertz CT molecular complexity index is 784. The van der Waals surface area contributed by atoms with E-state index < -0.39 is 0 Å². The molecule has 4 bridgehead atoms. The van der Waals surface area contributed by atoms with Gasteiger partial charge in [0.15, 0.2) is 0 Å². The van der Waals surface area contributed by atoms with Crippen molar-refractivity contribution in [2.24, 2.45) is 23.7 Å². The van der Waals surface area contributed by atoms with Crippen LogP contribution in [-0.4, -0.2) is 29.7 Å². The largest absolute Gasteiger partial charge is 0.347 e. The van der Waals surface area contributed by atoms with Crippen LogP contribution in [0.25, 0.3) is 0 Å². The zero-order valence-electron chi connectivity index (χ0n) is 16.9. The number of rotatable bonds is 3. The van der Waals surface area contributed by atoms with E-state index in [0.29, 0.717) is 12.1 Å². The van der Waals surface area contributed by atoms with Gasteiger partial charge in [-0.3, -0.25) is 9.59 Å². The quantitative estimate of drug-likeness (QED) is 0.817. The summed E-state index contributed by atoms with van der Waals surface area (Å²) < 4.78 is 0. The van der Waals surface area contributed by atoms with Crippen LogP contribution in [0.5, 0.6) is 0 Å². The SMILES string of the molecule is CC(C)C(=O)N1CCSc2ccc(C(=O)NC34CC5CC(CC(C5)C3)C4)cc21. The maximum Gasteiger partial charge on any atom is 0.251 e. The second-order valence-corrected chi connectivity index (χ2v) is 11.0. The molecule has 4 nitrogen and oxygen atoms in total. The van der Waals surface area contributed by atoms with Gasteiger partial charge in [-0.1, -0.05) is 13.8 Å². The fraction of sp³-hybridized carbons (Fsp3) is 0.652. The Morgan fingerprint density at radius 1 is 1.11 bits per heavy atom. The van der Waals surface area contributed by atoms with Gasteiger partial charge in [0.2, 0.25) is 5.91 Å². The summed E-state index contributed by atoms with van der Waals surface area (Å²) in [7, 11) is 0. The fourth-order valence-corrected chi connectivity index (χ4v) is 7.45. The highest BCUT2D eigenvalue weighted by Gasteiger charge is 2.51. The third kappa shape index (κ3) is 3.16. The number of thioether (sulfide) groups is 1. The van der Waals surface area contributed by atoms with Crippen LogP contribution in [0, 0.1) is 23.7 Å². The maximum atomic E-state index is 13.2. The van der Waals surface area contributed by atoms with E-state index in [0.717, 1.165) is 53.4 Å². The molecule has 1 aromatic rings. The number of amides is 2. The van der Waals surface area contributed by atoms with Crippen LogP contribution in [0.2, 0.25) is 0 Å². The Hall–Kier alpha value is -1.49. The third-order valence-corrected chi connectivity index (χ3v) is 8.30. The molecule has 4 fully saturated rings. The lowest BCUT2D eigenvalue weighted by Crippen LogP contribution is -2.59. The summed E-state index contributed by atoms with van der Waals surface area (Å²) in [6, 6.07) is 5.90. The Morgan fingerprint density at radius 3 is 2.36 bits per heavy atom. The predicted molar refractivity (Wildman–Crippen MR) is 113 cm³/mol. The highest BCUT2D eigenvalue weighted by molar-refractivity contribution is 7.99. The average Bonchev–Trinajstić information content (AvgIpc) is 2.65. The summed E-state index contributed by atoms with van der Waals surface area (Å²) in [5, 5.41) is 3.47. The first-order chi connectivity index (χ1) is 13.4. The number of carbonyl (C=O) groups is 2. The molecule has 150 valence electrons. The van der Waals surface area contributed by atoms with Crippen molar-refractivity contribution in [3.8, 4) is 0 Å². The molecule has 28 heavy (non-hydrogen) atoms. The zero-order valence-corrected chi connectivity index (χ0v) is 17.7. The summed E-state index contributed by atoms with van der Waals surface area (Å²) in [6.07, 6.45) is 7.59. The number of hydrogen-bond donors (Lipinski definition) is 1. The minimum atomic E-state index is -0.0412. The van der Waals surface area contributed by atoms with Crippen molar-refractivity contribution in [1.82, 2.24) is 5.32 Å². The van der Waals surface area contributed by atoms with Crippen molar-refractivity contribution in [3.05, 3.63) is 23.8 Å². The normalized spacial score (nSPS) is 33.1. The Kier molecular flexibility index (Phi) is 4.49. The molecule has 0 aromatic heterocycles. The van der Waals surface area contributed by atoms with E-state index in [4.69, 9.17) is 0 Å². The Balaban J connectivity index is 1.39. The van der Waals surface area contributed by atoms with Crippen LogP contribution < -0.4 is 10.2 Å². The van der Waals surface area contributed by atoms with Crippen LogP contribution >= 0.6 is 11.8 Å². The smallest absolute Gasteiger partial charge is 0.251 e. The summed E-state index contributed by atoms with van der Waals surface area (Å²) in [5.74, 6) is 3.48. The topological polar surface area (TPSA) is 49.4 Å². The fourth-order valence-electron chi connectivity index (χ4n) is 6.48. The molecule has 6 rings (SSSR count). The second-order valence-electron chi connectivity index (χ2n) is 9.83. The van der Waals surface area contributed by atoms with Crippen molar-refractivity contribution in [2.75, 3.05) is 17.2 Å². The van der Waals surface area contributed by atoms with E-state index in [1.807, 2.05) is 36.9 Å². The molecule has 4 aliphatic carbocycles. The lowest BCUT2D eigenvalue weighted by molar-refractivity contribution is -0.121. The molecule has 1 aliphatic heterocycles. The van der Waals surface area contributed by atoms with Crippen LogP contribution in [0.3, 0.4) is 0 Å². The number of anilines is 1. The molecule has 1 heterocycles. The minimum Gasteiger partial charge on any atom is -0.347 e. The first-order valence-corrected chi connectivity index (χ1v) is 11.8. The first-order valence-electron chi connectivity index (χ1n) is 10.8. The third-order valence-electron chi connectivity index (χ3n) is 7.26. The predicted octanol–water partition coefficient (Wildman–Crippen LogP) is 4.48. The number of fused-ring (bicyclic) bond motifs is 1. The molecule has 4 saturated carbocycles. The van der Waals surface area contributed by atoms with Gasteiger partial charge in [0.05, 0.1) is 5.69 Å². The number of nitrogens with zero attached hydrogens (tertiary/aromatic N) is 1. The van der Waals surface area contributed by atoms with Gasteiger partial charge in [-0.15, -0.1) is 11.8 Å². The van der Waals surface area contributed by atoms with E-state index in [2.05, 4.69) is 5.32 Å².